The predicted octanol–water partition coefficient (Wildman–Crippen LogP) is 0.106. The van der Waals surface area contributed by atoms with Crippen LogP contribution in [0.3, 0.4) is 0 Å². The summed E-state index contributed by atoms with van der Waals surface area (Å²) in [5.41, 5.74) is 3.45. The smallest absolute Gasteiger partial charge is 0.209 e. The van der Waals surface area contributed by atoms with Gasteiger partial charge < -0.3 is 5.73 Å². The maximum absolute atomic E-state index is 13.9. The van der Waals surface area contributed by atoms with Crippen LogP contribution in [-0.2, 0) is 10.0 Å². The SMILES string of the molecule is Cl.NCC1(F)C=CC=CC1CS(N)(=O)=O. The Morgan fingerprint density at radius 2 is 2.00 bits per heavy atom. The molecule has 0 saturated carbocycles. The second-order valence-corrected chi connectivity index (χ2v) is 4.97. The van der Waals surface area contributed by atoms with Crippen molar-refractivity contribution in [1.82, 2.24) is 0 Å². The van der Waals surface area contributed by atoms with Crippen molar-refractivity contribution in [2.75, 3.05) is 12.3 Å². The molecule has 1 aliphatic carbocycles. The fourth-order valence-corrected chi connectivity index (χ4v) is 2.25. The summed E-state index contributed by atoms with van der Waals surface area (Å²) in [5.74, 6) is -1.23. The summed E-state index contributed by atoms with van der Waals surface area (Å²) in [4.78, 5) is 0. The van der Waals surface area contributed by atoms with Gasteiger partial charge in [-0.3, -0.25) is 0 Å². The van der Waals surface area contributed by atoms with Crippen LogP contribution in [0.2, 0.25) is 0 Å². The average molecular weight is 257 g/mol. The fraction of sp³-hybridized carbons (Fsp3) is 0.500. The maximum Gasteiger partial charge on any atom is 0.209 e. The lowest BCUT2D eigenvalue weighted by Crippen LogP contribution is -2.43. The molecule has 2 atom stereocenters. The Kier molecular flexibility index (Phi) is 4.92. The van der Waals surface area contributed by atoms with Crippen molar-refractivity contribution < 1.29 is 12.8 Å². The van der Waals surface area contributed by atoms with Gasteiger partial charge in [0.25, 0.3) is 0 Å². The van der Waals surface area contributed by atoms with E-state index in [4.69, 9.17) is 10.9 Å². The second-order valence-electron chi connectivity index (χ2n) is 3.31. The summed E-state index contributed by atoms with van der Waals surface area (Å²) in [6.07, 6.45) is 5.83. The molecule has 1 rings (SSSR count). The van der Waals surface area contributed by atoms with E-state index < -0.39 is 27.4 Å². The zero-order valence-corrected chi connectivity index (χ0v) is 9.60. The normalized spacial score (nSPS) is 29.9. The van der Waals surface area contributed by atoms with Gasteiger partial charge in [-0.1, -0.05) is 18.2 Å². The van der Waals surface area contributed by atoms with Crippen molar-refractivity contribution in [3.05, 3.63) is 24.3 Å². The van der Waals surface area contributed by atoms with E-state index in [1.807, 2.05) is 0 Å². The first-order valence-electron chi connectivity index (χ1n) is 4.13. The Bertz CT molecular complexity index is 369. The number of allylic oxidation sites excluding steroid dienone is 3. The molecule has 0 heterocycles. The quantitative estimate of drug-likeness (QED) is 0.751. The van der Waals surface area contributed by atoms with Crippen molar-refractivity contribution in [3.63, 3.8) is 0 Å². The van der Waals surface area contributed by atoms with Crippen LogP contribution >= 0.6 is 12.4 Å². The standard InChI is InChI=1S/C8H13FN2O2S.ClH/c9-8(6-10)4-2-1-3-7(8)5-14(11,12)13;/h1-4,7H,5-6,10H2,(H2,11,12,13);1H. The van der Waals surface area contributed by atoms with E-state index in [1.165, 1.54) is 18.2 Å². The molecule has 0 aromatic heterocycles. The van der Waals surface area contributed by atoms with Gasteiger partial charge in [-0.15, -0.1) is 12.4 Å². The number of rotatable bonds is 3. The van der Waals surface area contributed by atoms with Gasteiger partial charge in [-0.25, -0.2) is 17.9 Å². The lowest BCUT2D eigenvalue weighted by molar-refractivity contribution is 0.185. The highest BCUT2D eigenvalue weighted by Crippen LogP contribution is 2.28. The van der Waals surface area contributed by atoms with Crippen molar-refractivity contribution in [2.24, 2.45) is 16.8 Å². The van der Waals surface area contributed by atoms with E-state index in [0.29, 0.717) is 0 Å². The van der Waals surface area contributed by atoms with Gasteiger partial charge in [0.05, 0.1) is 5.75 Å². The summed E-state index contributed by atoms with van der Waals surface area (Å²) in [5, 5.41) is 4.85. The second kappa shape index (κ2) is 5.07. The van der Waals surface area contributed by atoms with Crippen LogP contribution in [0.1, 0.15) is 0 Å². The third kappa shape index (κ3) is 3.90. The molecule has 4 N–H and O–H groups in total. The van der Waals surface area contributed by atoms with Gasteiger partial charge in [0, 0.05) is 12.5 Å². The van der Waals surface area contributed by atoms with E-state index in [1.54, 1.807) is 6.08 Å². The largest absolute Gasteiger partial charge is 0.327 e. The van der Waals surface area contributed by atoms with E-state index in [9.17, 15) is 12.8 Å². The summed E-state index contributed by atoms with van der Waals surface area (Å²) in [6.45, 7) is -0.256. The zero-order chi connectivity index (χ0) is 10.8. The molecule has 4 nitrogen and oxygen atoms in total. The molecule has 0 radical (unpaired) electrons. The summed E-state index contributed by atoms with van der Waals surface area (Å²) in [7, 11) is -3.69. The Labute approximate surface area is 94.7 Å². The maximum atomic E-state index is 13.9. The Hall–Kier alpha value is -0.430. The Morgan fingerprint density at radius 3 is 2.47 bits per heavy atom. The van der Waals surface area contributed by atoms with Crippen LogP contribution in [-0.4, -0.2) is 26.4 Å². The molecule has 0 aliphatic heterocycles. The van der Waals surface area contributed by atoms with Crippen molar-refractivity contribution in [3.8, 4) is 0 Å². The number of nitrogens with two attached hydrogens (primary N) is 2. The van der Waals surface area contributed by atoms with Crippen LogP contribution in [0.15, 0.2) is 24.3 Å². The van der Waals surface area contributed by atoms with Crippen LogP contribution in [0.5, 0.6) is 0 Å². The molecule has 2 unspecified atom stereocenters. The van der Waals surface area contributed by atoms with Crippen LogP contribution in [0.25, 0.3) is 0 Å². The molecular weight excluding hydrogens is 243 g/mol. The minimum atomic E-state index is -3.69. The van der Waals surface area contributed by atoms with Crippen LogP contribution < -0.4 is 10.9 Å². The first-order valence-corrected chi connectivity index (χ1v) is 5.84. The summed E-state index contributed by atoms with van der Waals surface area (Å²) < 4.78 is 35.5. The highest BCUT2D eigenvalue weighted by atomic mass is 35.5. The van der Waals surface area contributed by atoms with E-state index >= 15 is 0 Å². The molecule has 0 saturated heterocycles. The number of halogens is 2. The third-order valence-corrected chi connectivity index (χ3v) is 2.99. The van der Waals surface area contributed by atoms with E-state index in [2.05, 4.69) is 0 Å². The molecule has 88 valence electrons. The molecular formula is C8H14ClFN2O2S. The van der Waals surface area contributed by atoms with Crippen LogP contribution in [0.4, 0.5) is 4.39 Å². The van der Waals surface area contributed by atoms with Crippen molar-refractivity contribution in [1.29, 1.82) is 0 Å². The highest BCUT2D eigenvalue weighted by molar-refractivity contribution is 7.89. The molecule has 0 aromatic carbocycles. The lowest BCUT2D eigenvalue weighted by atomic mass is 9.87. The number of sulfonamides is 1. The average Bonchev–Trinajstić information content (AvgIpc) is 2.07. The minimum Gasteiger partial charge on any atom is -0.327 e. The Balaban J connectivity index is 0.00000196. The van der Waals surface area contributed by atoms with Gasteiger partial charge in [0.2, 0.25) is 10.0 Å². The van der Waals surface area contributed by atoms with Gasteiger partial charge in [-0.05, 0) is 6.08 Å². The molecule has 7 heteroatoms. The van der Waals surface area contributed by atoms with E-state index in [-0.39, 0.29) is 19.0 Å². The van der Waals surface area contributed by atoms with Crippen LogP contribution in [0, 0.1) is 5.92 Å². The molecule has 0 bridgehead atoms. The molecule has 0 aromatic rings. The fourth-order valence-electron chi connectivity index (χ4n) is 1.36. The number of primary sulfonamides is 1. The summed E-state index contributed by atoms with van der Waals surface area (Å²) in [6, 6.07) is 0. The molecule has 0 spiro atoms. The minimum absolute atomic E-state index is 0. The summed E-state index contributed by atoms with van der Waals surface area (Å²) >= 11 is 0. The highest BCUT2D eigenvalue weighted by Gasteiger charge is 2.37. The Morgan fingerprint density at radius 1 is 1.40 bits per heavy atom. The first kappa shape index (κ1) is 14.6. The first-order chi connectivity index (χ1) is 6.37. The number of hydrogen-bond donors (Lipinski definition) is 2. The zero-order valence-electron chi connectivity index (χ0n) is 7.97. The number of alkyl halides is 1. The number of hydrogen-bond acceptors (Lipinski definition) is 3. The molecule has 15 heavy (non-hydrogen) atoms. The van der Waals surface area contributed by atoms with Crippen molar-refractivity contribution >= 4 is 22.4 Å². The van der Waals surface area contributed by atoms with Gasteiger partial charge in [0.15, 0.2) is 0 Å². The van der Waals surface area contributed by atoms with Gasteiger partial charge >= 0.3 is 0 Å². The molecule has 0 amide bonds. The van der Waals surface area contributed by atoms with E-state index in [0.717, 1.165) is 0 Å². The van der Waals surface area contributed by atoms with Gasteiger partial charge in [0.1, 0.15) is 5.67 Å². The predicted molar refractivity (Wildman–Crippen MR) is 59.9 cm³/mol. The molecule has 1 aliphatic rings. The third-order valence-electron chi connectivity index (χ3n) is 2.17. The lowest BCUT2D eigenvalue weighted by Gasteiger charge is -2.29. The molecule has 0 fully saturated rings. The van der Waals surface area contributed by atoms with Gasteiger partial charge in [-0.2, -0.15) is 0 Å². The topological polar surface area (TPSA) is 86.2 Å². The van der Waals surface area contributed by atoms with Crippen molar-refractivity contribution in [2.45, 2.75) is 5.67 Å². The monoisotopic (exact) mass is 256 g/mol.